The van der Waals surface area contributed by atoms with Crippen molar-refractivity contribution < 1.29 is 13.5 Å². The molecular formula is C20H16ClF2N3OS. The summed E-state index contributed by atoms with van der Waals surface area (Å²) in [5.74, 6) is -0.158. The van der Waals surface area contributed by atoms with Crippen molar-refractivity contribution in [3.8, 4) is 0 Å². The number of hydrogen-bond acceptors (Lipinski definition) is 4. The molecular weight excluding hydrogens is 404 g/mol. The van der Waals surface area contributed by atoms with Crippen molar-refractivity contribution in [3.05, 3.63) is 88.7 Å². The van der Waals surface area contributed by atoms with Gasteiger partial charge < -0.3 is 4.74 Å². The second kappa shape index (κ2) is 7.66. The fraction of sp³-hybridized carbons (Fsp3) is 0.200. The number of epoxide rings is 1. The Hall–Kier alpha value is -2.22. The monoisotopic (exact) mass is 419 g/mol. The Morgan fingerprint density at radius 3 is 2.86 bits per heavy atom. The molecule has 1 aromatic heterocycles. The molecule has 4 nitrogen and oxygen atoms in total. The molecule has 8 heteroatoms. The molecule has 1 saturated heterocycles. The molecule has 4 rings (SSSR count). The van der Waals surface area contributed by atoms with Gasteiger partial charge in [0.15, 0.2) is 11.0 Å². The number of aromatic nitrogens is 3. The number of H-pyrrole nitrogens is 1. The van der Waals surface area contributed by atoms with E-state index in [1.54, 1.807) is 12.1 Å². The summed E-state index contributed by atoms with van der Waals surface area (Å²) in [6.45, 7) is 3.67. The fourth-order valence-electron chi connectivity index (χ4n) is 3.24. The maximum Gasteiger partial charge on any atom is 0.183 e. The number of nitrogens with one attached hydrogen (secondary N) is 1. The van der Waals surface area contributed by atoms with E-state index in [1.165, 1.54) is 23.9 Å². The minimum absolute atomic E-state index is 0.219. The molecule has 0 spiro atoms. The Kier molecular flexibility index (Phi) is 5.23. The second-order valence-corrected chi connectivity index (χ2v) is 7.78. The number of benzene rings is 2. The lowest BCUT2D eigenvalue weighted by Crippen LogP contribution is -2.17. The van der Waals surface area contributed by atoms with Crippen LogP contribution in [0.5, 0.6) is 0 Å². The average molecular weight is 420 g/mol. The van der Waals surface area contributed by atoms with Gasteiger partial charge in [-0.25, -0.2) is 13.8 Å². The van der Waals surface area contributed by atoms with Gasteiger partial charge in [0.25, 0.3) is 0 Å². The molecule has 0 radical (unpaired) electrons. The lowest BCUT2D eigenvalue weighted by atomic mass is 9.88. The van der Waals surface area contributed by atoms with Crippen LogP contribution in [0.15, 0.2) is 60.3 Å². The van der Waals surface area contributed by atoms with E-state index < -0.39 is 23.3 Å². The number of rotatable bonds is 7. The summed E-state index contributed by atoms with van der Waals surface area (Å²) >= 11 is 7.77. The predicted octanol–water partition coefficient (Wildman–Crippen LogP) is 5.22. The number of thioether (sulfide) groups is 1. The van der Waals surface area contributed by atoms with E-state index in [4.69, 9.17) is 16.3 Å². The van der Waals surface area contributed by atoms with Gasteiger partial charge in [-0.3, -0.25) is 5.10 Å². The van der Waals surface area contributed by atoms with E-state index in [0.717, 1.165) is 11.6 Å². The SMILES string of the molecule is C=CCSc1nc(CC2(c3ccc(F)cc3F)OC2c2ccccc2Cl)n[nH]1. The molecule has 0 bridgehead atoms. The minimum atomic E-state index is -1.05. The van der Waals surface area contributed by atoms with E-state index in [9.17, 15) is 8.78 Å². The summed E-state index contributed by atoms with van der Waals surface area (Å²) in [4.78, 5) is 4.44. The Morgan fingerprint density at radius 1 is 1.29 bits per heavy atom. The molecule has 2 aromatic carbocycles. The zero-order valence-electron chi connectivity index (χ0n) is 14.7. The molecule has 0 saturated carbocycles. The van der Waals surface area contributed by atoms with Crippen LogP contribution < -0.4 is 0 Å². The van der Waals surface area contributed by atoms with Crippen LogP contribution in [0.25, 0.3) is 0 Å². The zero-order chi connectivity index (χ0) is 19.7. The number of ether oxygens (including phenoxy) is 1. The molecule has 2 atom stereocenters. The Balaban J connectivity index is 1.70. The van der Waals surface area contributed by atoms with Gasteiger partial charge in [0, 0.05) is 34.4 Å². The van der Waals surface area contributed by atoms with Crippen LogP contribution in [0, 0.1) is 11.6 Å². The molecule has 28 heavy (non-hydrogen) atoms. The van der Waals surface area contributed by atoms with E-state index in [0.29, 0.717) is 21.8 Å². The van der Waals surface area contributed by atoms with Crippen molar-refractivity contribution in [2.75, 3.05) is 5.75 Å². The number of hydrogen-bond donors (Lipinski definition) is 1. The molecule has 1 aliphatic rings. The predicted molar refractivity (Wildman–Crippen MR) is 104 cm³/mol. The van der Waals surface area contributed by atoms with Crippen LogP contribution in [0.3, 0.4) is 0 Å². The third-order valence-electron chi connectivity index (χ3n) is 4.54. The quantitative estimate of drug-likeness (QED) is 0.324. The normalized spacial score (nSPS) is 20.9. The highest BCUT2D eigenvalue weighted by Gasteiger charge is 2.60. The fourth-order valence-corrected chi connectivity index (χ4v) is 4.03. The summed E-state index contributed by atoms with van der Waals surface area (Å²) in [7, 11) is 0. The second-order valence-electron chi connectivity index (χ2n) is 6.37. The van der Waals surface area contributed by atoms with Crippen molar-refractivity contribution in [2.24, 2.45) is 0 Å². The highest BCUT2D eigenvalue weighted by molar-refractivity contribution is 7.99. The maximum atomic E-state index is 14.6. The van der Waals surface area contributed by atoms with E-state index in [-0.39, 0.29) is 12.0 Å². The van der Waals surface area contributed by atoms with Gasteiger partial charge in [-0.1, -0.05) is 53.7 Å². The lowest BCUT2D eigenvalue weighted by molar-refractivity contribution is 0.285. The van der Waals surface area contributed by atoms with Crippen LogP contribution in [0.4, 0.5) is 8.78 Å². The summed E-state index contributed by atoms with van der Waals surface area (Å²) in [6.07, 6.45) is 1.50. The van der Waals surface area contributed by atoms with Crippen molar-refractivity contribution in [1.82, 2.24) is 15.2 Å². The average Bonchev–Trinajstić information content (AvgIpc) is 3.19. The minimum Gasteiger partial charge on any atom is -0.355 e. The van der Waals surface area contributed by atoms with Gasteiger partial charge >= 0.3 is 0 Å². The number of halogens is 3. The Bertz CT molecular complexity index is 1030. The van der Waals surface area contributed by atoms with Gasteiger partial charge in [-0.15, -0.1) is 6.58 Å². The molecule has 2 unspecified atom stereocenters. The van der Waals surface area contributed by atoms with Crippen LogP contribution >= 0.6 is 23.4 Å². The van der Waals surface area contributed by atoms with Crippen molar-refractivity contribution in [1.29, 1.82) is 0 Å². The van der Waals surface area contributed by atoms with Gasteiger partial charge in [0.2, 0.25) is 0 Å². The van der Waals surface area contributed by atoms with Crippen LogP contribution in [0.1, 0.15) is 23.1 Å². The summed E-state index contributed by atoms with van der Waals surface area (Å²) in [6, 6.07) is 10.7. The first kappa shape index (κ1) is 19.1. The zero-order valence-corrected chi connectivity index (χ0v) is 16.2. The van der Waals surface area contributed by atoms with Gasteiger partial charge in [-0.2, -0.15) is 5.10 Å². The van der Waals surface area contributed by atoms with E-state index in [1.807, 2.05) is 18.2 Å². The first-order valence-corrected chi connectivity index (χ1v) is 9.92. The summed E-state index contributed by atoms with van der Waals surface area (Å²) in [5, 5.41) is 8.23. The van der Waals surface area contributed by atoms with Crippen LogP contribution in [-0.4, -0.2) is 20.9 Å². The standard InChI is InChI=1S/C20H16ClF2N3OS/c1-2-9-28-19-24-17(25-26-19)11-20(14-8-7-12(22)10-16(14)23)18(27-20)13-5-3-4-6-15(13)21/h2-8,10,18H,1,9,11H2,(H,24,25,26). The van der Waals surface area contributed by atoms with E-state index >= 15 is 0 Å². The Morgan fingerprint density at radius 2 is 2.11 bits per heavy atom. The van der Waals surface area contributed by atoms with Gasteiger partial charge in [0.05, 0.1) is 0 Å². The molecule has 1 N–H and O–H groups in total. The van der Waals surface area contributed by atoms with Crippen LogP contribution in [-0.2, 0) is 16.8 Å². The number of aromatic amines is 1. The van der Waals surface area contributed by atoms with Crippen molar-refractivity contribution in [3.63, 3.8) is 0 Å². The molecule has 3 aromatic rings. The molecule has 2 heterocycles. The smallest absolute Gasteiger partial charge is 0.183 e. The highest BCUT2D eigenvalue weighted by Crippen LogP contribution is 2.60. The third kappa shape index (κ3) is 3.57. The lowest BCUT2D eigenvalue weighted by Gasteiger charge is -2.13. The Labute approximate surface area is 170 Å². The van der Waals surface area contributed by atoms with E-state index in [2.05, 4.69) is 21.8 Å². The van der Waals surface area contributed by atoms with Crippen molar-refractivity contribution in [2.45, 2.75) is 23.3 Å². The summed E-state index contributed by atoms with van der Waals surface area (Å²) < 4.78 is 34.1. The molecule has 1 aliphatic heterocycles. The topological polar surface area (TPSA) is 54.1 Å². The third-order valence-corrected chi connectivity index (χ3v) is 5.74. The van der Waals surface area contributed by atoms with Crippen molar-refractivity contribution >= 4 is 23.4 Å². The summed E-state index contributed by atoms with van der Waals surface area (Å²) in [5.41, 5.74) is -0.0562. The maximum absolute atomic E-state index is 14.6. The first-order chi connectivity index (χ1) is 13.5. The largest absolute Gasteiger partial charge is 0.355 e. The molecule has 1 fully saturated rings. The van der Waals surface area contributed by atoms with Crippen LogP contribution in [0.2, 0.25) is 5.02 Å². The molecule has 144 valence electrons. The molecule has 0 aliphatic carbocycles. The first-order valence-electron chi connectivity index (χ1n) is 8.56. The highest BCUT2D eigenvalue weighted by atomic mass is 35.5. The molecule has 0 amide bonds. The van der Waals surface area contributed by atoms with Gasteiger partial charge in [0.1, 0.15) is 23.3 Å². The van der Waals surface area contributed by atoms with Gasteiger partial charge in [-0.05, 0) is 12.1 Å². The number of nitrogens with zero attached hydrogens (tertiary/aromatic N) is 2.